The molecule has 5 heteroatoms. The lowest BCUT2D eigenvalue weighted by atomic mass is 10.1. The number of carbonyl (C=O) groups excluding carboxylic acids is 2. The summed E-state index contributed by atoms with van der Waals surface area (Å²) in [5.41, 5.74) is 3.72. The molecule has 0 aliphatic heterocycles. The number of carbonyl (C=O) groups is 2. The fourth-order valence-electron chi connectivity index (χ4n) is 2.79. The SMILES string of the molecule is COC(=O)c1ccc(NC(=O)COc2ccc3c(c2)CCC3)cc1. The number of benzene rings is 2. The number of hydrogen-bond donors (Lipinski definition) is 1. The van der Waals surface area contributed by atoms with Gasteiger partial charge in [-0.05, 0) is 66.8 Å². The first-order chi connectivity index (χ1) is 11.7. The normalized spacial score (nSPS) is 12.4. The van der Waals surface area contributed by atoms with Crippen molar-refractivity contribution in [2.45, 2.75) is 19.3 Å². The van der Waals surface area contributed by atoms with E-state index in [0.29, 0.717) is 17.0 Å². The summed E-state index contributed by atoms with van der Waals surface area (Å²) >= 11 is 0. The summed E-state index contributed by atoms with van der Waals surface area (Å²) in [4.78, 5) is 23.3. The van der Waals surface area contributed by atoms with Crippen LogP contribution in [0.4, 0.5) is 5.69 Å². The van der Waals surface area contributed by atoms with Gasteiger partial charge < -0.3 is 14.8 Å². The quantitative estimate of drug-likeness (QED) is 0.858. The monoisotopic (exact) mass is 325 g/mol. The van der Waals surface area contributed by atoms with Gasteiger partial charge in [0.25, 0.3) is 5.91 Å². The molecule has 124 valence electrons. The molecule has 5 nitrogen and oxygen atoms in total. The first-order valence-electron chi connectivity index (χ1n) is 7.88. The molecule has 0 aromatic heterocycles. The third kappa shape index (κ3) is 3.74. The average molecular weight is 325 g/mol. The van der Waals surface area contributed by atoms with E-state index in [-0.39, 0.29) is 12.5 Å². The van der Waals surface area contributed by atoms with E-state index in [1.54, 1.807) is 24.3 Å². The molecule has 0 heterocycles. The highest BCUT2D eigenvalue weighted by atomic mass is 16.5. The van der Waals surface area contributed by atoms with Crippen LogP contribution in [0.25, 0.3) is 0 Å². The summed E-state index contributed by atoms with van der Waals surface area (Å²) in [5.74, 6) is 0.0565. The lowest BCUT2D eigenvalue weighted by Crippen LogP contribution is -2.20. The number of rotatable bonds is 5. The summed E-state index contributed by atoms with van der Waals surface area (Å²) in [6.45, 7) is -0.0580. The highest BCUT2D eigenvalue weighted by Crippen LogP contribution is 2.26. The maximum absolute atomic E-state index is 12.0. The fraction of sp³-hybridized carbons (Fsp3) is 0.263. The minimum absolute atomic E-state index is 0.0580. The molecule has 1 aliphatic carbocycles. The Morgan fingerprint density at radius 2 is 1.79 bits per heavy atom. The third-order valence-electron chi connectivity index (χ3n) is 4.03. The molecule has 2 aromatic carbocycles. The largest absolute Gasteiger partial charge is 0.484 e. The number of hydrogen-bond acceptors (Lipinski definition) is 4. The third-order valence-corrected chi connectivity index (χ3v) is 4.03. The molecular formula is C19H19NO4. The van der Waals surface area contributed by atoms with Crippen molar-refractivity contribution < 1.29 is 19.1 Å². The van der Waals surface area contributed by atoms with Crippen molar-refractivity contribution >= 4 is 17.6 Å². The lowest BCUT2D eigenvalue weighted by molar-refractivity contribution is -0.118. The van der Waals surface area contributed by atoms with Gasteiger partial charge in [0.2, 0.25) is 0 Å². The molecule has 0 unspecified atom stereocenters. The fourth-order valence-corrected chi connectivity index (χ4v) is 2.79. The van der Waals surface area contributed by atoms with Gasteiger partial charge in [0.15, 0.2) is 6.61 Å². The second-order valence-electron chi connectivity index (χ2n) is 5.69. The molecule has 1 aliphatic rings. The van der Waals surface area contributed by atoms with Crippen LogP contribution >= 0.6 is 0 Å². The first-order valence-corrected chi connectivity index (χ1v) is 7.88. The lowest BCUT2D eigenvalue weighted by Gasteiger charge is -2.09. The summed E-state index contributed by atoms with van der Waals surface area (Å²) in [7, 11) is 1.33. The minimum Gasteiger partial charge on any atom is -0.484 e. The molecule has 1 amide bonds. The molecule has 0 atom stereocenters. The zero-order valence-electron chi connectivity index (χ0n) is 13.5. The van der Waals surface area contributed by atoms with Crippen LogP contribution in [0, 0.1) is 0 Å². The van der Waals surface area contributed by atoms with Crippen molar-refractivity contribution in [1.82, 2.24) is 0 Å². The molecule has 0 saturated carbocycles. The smallest absolute Gasteiger partial charge is 0.337 e. The Balaban J connectivity index is 1.53. The van der Waals surface area contributed by atoms with Crippen LogP contribution in [-0.4, -0.2) is 25.6 Å². The zero-order chi connectivity index (χ0) is 16.9. The number of ether oxygens (including phenoxy) is 2. The van der Waals surface area contributed by atoms with Crippen molar-refractivity contribution in [3.63, 3.8) is 0 Å². The van der Waals surface area contributed by atoms with Crippen LogP contribution in [0.3, 0.4) is 0 Å². The van der Waals surface area contributed by atoms with Crippen molar-refractivity contribution in [3.8, 4) is 5.75 Å². The predicted octanol–water partition coefficient (Wildman–Crippen LogP) is 2.98. The van der Waals surface area contributed by atoms with E-state index in [2.05, 4.69) is 16.1 Å². The van der Waals surface area contributed by atoms with Crippen molar-refractivity contribution in [3.05, 3.63) is 59.2 Å². The molecule has 1 N–H and O–H groups in total. The highest BCUT2D eigenvalue weighted by molar-refractivity contribution is 5.93. The molecule has 24 heavy (non-hydrogen) atoms. The molecule has 2 aromatic rings. The van der Waals surface area contributed by atoms with E-state index in [9.17, 15) is 9.59 Å². The van der Waals surface area contributed by atoms with Crippen LogP contribution in [0.5, 0.6) is 5.75 Å². The van der Waals surface area contributed by atoms with Crippen molar-refractivity contribution in [1.29, 1.82) is 0 Å². The number of esters is 1. The van der Waals surface area contributed by atoms with E-state index >= 15 is 0 Å². The number of fused-ring (bicyclic) bond motifs is 1. The summed E-state index contributed by atoms with van der Waals surface area (Å²) in [5, 5.41) is 2.73. The molecule has 0 saturated heterocycles. The van der Waals surface area contributed by atoms with Crippen LogP contribution in [0.15, 0.2) is 42.5 Å². The molecule has 0 bridgehead atoms. The van der Waals surface area contributed by atoms with Crippen LogP contribution in [0.2, 0.25) is 0 Å². The molecule has 0 spiro atoms. The Kier molecular flexibility index (Phi) is 4.79. The number of amides is 1. The predicted molar refractivity (Wildman–Crippen MR) is 90.4 cm³/mol. The number of aryl methyl sites for hydroxylation is 2. The maximum Gasteiger partial charge on any atom is 0.337 e. The van der Waals surface area contributed by atoms with Gasteiger partial charge in [0, 0.05) is 5.69 Å². The maximum atomic E-state index is 12.0. The Bertz CT molecular complexity index is 752. The van der Waals surface area contributed by atoms with Gasteiger partial charge >= 0.3 is 5.97 Å². The topological polar surface area (TPSA) is 64.6 Å². The molecular weight excluding hydrogens is 306 g/mol. The van der Waals surface area contributed by atoms with E-state index in [0.717, 1.165) is 12.8 Å². The number of anilines is 1. The Morgan fingerprint density at radius 1 is 1.04 bits per heavy atom. The van der Waals surface area contributed by atoms with E-state index < -0.39 is 5.97 Å². The van der Waals surface area contributed by atoms with Gasteiger partial charge in [-0.2, -0.15) is 0 Å². The van der Waals surface area contributed by atoms with E-state index in [4.69, 9.17) is 4.74 Å². The minimum atomic E-state index is -0.409. The summed E-state index contributed by atoms with van der Waals surface area (Å²) in [6, 6.07) is 12.5. The van der Waals surface area contributed by atoms with E-state index in [1.807, 2.05) is 12.1 Å². The van der Waals surface area contributed by atoms with Gasteiger partial charge in [0.05, 0.1) is 12.7 Å². The summed E-state index contributed by atoms with van der Waals surface area (Å²) < 4.78 is 10.2. The van der Waals surface area contributed by atoms with Gasteiger partial charge in [-0.25, -0.2) is 4.79 Å². The molecule has 0 fully saturated rings. The van der Waals surface area contributed by atoms with Gasteiger partial charge in [0.1, 0.15) is 5.75 Å². The van der Waals surface area contributed by atoms with Gasteiger partial charge in [-0.15, -0.1) is 0 Å². The Hall–Kier alpha value is -2.82. The van der Waals surface area contributed by atoms with Gasteiger partial charge in [-0.1, -0.05) is 6.07 Å². The second kappa shape index (κ2) is 7.17. The zero-order valence-corrected chi connectivity index (χ0v) is 13.5. The van der Waals surface area contributed by atoms with E-state index in [1.165, 1.54) is 24.7 Å². The number of nitrogens with one attached hydrogen (secondary N) is 1. The standard InChI is InChI=1S/C19H19NO4/c1-23-19(22)14-5-8-16(9-6-14)20-18(21)12-24-17-10-7-13-3-2-4-15(13)11-17/h5-11H,2-4,12H2,1H3,(H,20,21). The number of methoxy groups -OCH3 is 1. The summed E-state index contributed by atoms with van der Waals surface area (Å²) in [6.07, 6.45) is 3.38. The first kappa shape index (κ1) is 16.1. The second-order valence-corrected chi connectivity index (χ2v) is 5.69. The molecule has 0 radical (unpaired) electrons. The van der Waals surface area contributed by atoms with Crippen LogP contribution < -0.4 is 10.1 Å². The van der Waals surface area contributed by atoms with Gasteiger partial charge in [-0.3, -0.25) is 4.79 Å². The Morgan fingerprint density at radius 3 is 2.54 bits per heavy atom. The van der Waals surface area contributed by atoms with Crippen LogP contribution in [-0.2, 0) is 22.4 Å². The highest BCUT2D eigenvalue weighted by Gasteiger charge is 2.12. The van der Waals surface area contributed by atoms with Crippen molar-refractivity contribution in [2.75, 3.05) is 19.0 Å². The Labute approximate surface area is 140 Å². The molecule has 3 rings (SSSR count). The average Bonchev–Trinajstić information content (AvgIpc) is 3.07. The van der Waals surface area contributed by atoms with Crippen molar-refractivity contribution in [2.24, 2.45) is 0 Å². The van der Waals surface area contributed by atoms with Crippen LogP contribution in [0.1, 0.15) is 27.9 Å².